The SMILES string of the molecule is CC(=O)NC(CCOc1ccc(/C(=N\OC(C)=O)C(=O)NC2CN(C(C(=O)O)c3ccc(OC(C)=O)cc3)C2=O)cc1)C(=O)O. The van der Waals surface area contributed by atoms with Crippen LogP contribution in [0.25, 0.3) is 0 Å². The van der Waals surface area contributed by atoms with Gasteiger partial charge in [-0.05, 0) is 42.0 Å². The molecule has 0 aromatic heterocycles. The molecule has 0 saturated carbocycles. The van der Waals surface area contributed by atoms with E-state index in [0.29, 0.717) is 5.75 Å². The van der Waals surface area contributed by atoms with Crippen LogP contribution in [0.1, 0.15) is 44.4 Å². The van der Waals surface area contributed by atoms with E-state index in [1.165, 1.54) is 62.4 Å². The molecule has 2 aromatic rings. The summed E-state index contributed by atoms with van der Waals surface area (Å²) >= 11 is 0. The van der Waals surface area contributed by atoms with Gasteiger partial charge in [0.25, 0.3) is 5.91 Å². The van der Waals surface area contributed by atoms with Crippen molar-refractivity contribution in [3.63, 3.8) is 0 Å². The lowest BCUT2D eigenvalue weighted by molar-refractivity contribution is -0.160. The standard InChI is InChI=1S/C29H30N4O12/c1-15(34)30-22(28(39)40)12-13-43-20-8-4-18(5-9-20)24(32-45-17(3)36)26(37)31-23-14-33(27(23)38)25(29(41)42)19-6-10-21(11-7-19)44-16(2)35/h4-11,22-23,25H,12-14H2,1-3H3,(H,30,34)(H,31,37)(H,39,40)(H,41,42)/b32-24+. The van der Waals surface area contributed by atoms with Crippen molar-refractivity contribution >= 4 is 47.3 Å². The first-order valence-corrected chi connectivity index (χ1v) is 13.4. The lowest BCUT2D eigenvalue weighted by Crippen LogP contribution is -2.66. The molecule has 16 heteroatoms. The minimum absolute atomic E-state index is 0.0208. The fourth-order valence-corrected chi connectivity index (χ4v) is 4.20. The zero-order valence-electron chi connectivity index (χ0n) is 24.3. The van der Waals surface area contributed by atoms with E-state index < -0.39 is 59.7 Å². The number of carboxylic acid groups (broad SMARTS) is 2. The van der Waals surface area contributed by atoms with Gasteiger partial charge in [-0.2, -0.15) is 0 Å². The van der Waals surface area contributed by atoms with Crippen LogP contribution in [0.5, 0.6) is 11.5 Å². The Labute approximate surface area is 255 Å². The Morgan fingerprint density at radius 3 is 2.04 bits per heavy atom. The second-order valence-electron chi connectivity index (χ2n) is 9.70. The number of rotatable bonds is 14. The van der Waals surface area contributed by atoms with Crippen LogP contribution < -0.4 is 20.1 Å². The summed E-state index contributed by atoms with van der Waals surface area (Å²) in [6, 6.07) is 7.69. The zero-order valence-corrected chi connectivity index (χ0v) is 24.3. The van der Waals surface area contributed by atoms with Crippen LogP contribution in [0.4, 0.5) is 0 Å². The van der Waals surface area contributed by atoms with E-state index in [1.807, 2.05) is 0 Å². The molecule has 1 aliphatic rings. The topological polar surface area (TPSA) is 227 Å². The van der Waals surface area contributed by atoms with E-state index in [0.717, 1.165) is 11.8 Å². The molecule has 2 aromatic carbocycles. The number of oxime groups is 1. The summed E-state index contributed by atoms with van der Waals surface area (Å²) in [5, 5.41) is 27.3. The molecular formula is C29H30N4O12. The highest BCUT2D eigenvalue weighted by atomic mass is 16.7. The molecule has 3 rings (SSSR count). The number of ether oxygens (including phenoxy) is 2. The van der Waals surface area contributed by atoms with Gasteiger partial charge in [0.15, 0.2) is 11.8 Å². The van der Waals surface area contributed by atoms with E-state index >= 15 is 0 Å². The molecule has 1 aliphatic heterocycles. The molecule has 1 fully saturated rings. The quantitative estimate of drug-likeness (QED) is 0.0558. The van der Waals surface area contributed by atoms with E-state index in [1.54, 1.807) is 0 Å². The summed E-state index contributed by atoms with van der Waals surface area (Å²) < 4.78 is 10.5. The van der Waals surface area contributed by atoms with Gasteiger partial charge < -0.3 is 40.1 Å². The number of nitrogens with one attached hydrogen (secondary N) is 2. The van der Waals surface area contributed by atoms with Gasteiger partial charge in [0.2, 0.25) is 11.8 Å². The van der Waals surface area contributed by atoms with Crippen molar-refractivity contribution in [2.24, 2.45) is 5.16 Å². The van der Waals surface area contributed by atoms with Crippen molar-refractivity contribution in [1.82, 2.24) is 15.5 Å². The van der Waals surface area contributed by atoms with Crippen LogP contribution in [0, 0.1) is 0 Å². The lowest BCUT2D eigenvalue weighted by atomic mass is 9.97. The van der Waals surface area contributed by atoms with E-state index in [-0.39, 0.29) is 42.2 Å². The highest BCUT2D eigenvalue weighted by Crippen LogP contribution is 2.29. The van der Waals surface area contributed by atoms with Crippen LogP contribution in [0.2, 0.25) is 0 Å². The Hall–Kier alpha value is -5.80. The number of carboxylic acids is 2. The van der Waals surface area contributed by atoms with Gasteiger partial charge in [-0.15, -0.1) is 0 Å². The predicted octanol–water partition coefficient (Wildman–Crippen LogP) is 0.390. The second-order valence-corrected chi connectivity index (χ2v) is 9.70. The molecule has 0 bridgehead atoms. The van der Waals surface area contributed by atoms with E-state index in [9.17, 15) is 43.8 Å². The van der Waals surface area contributed by atoms with Gasteiger partial charge in [0.1, 0.15) is 23.6 Å². The van der Waals surface area contributed by atoms with E-state index in [2.05, 4.69) is 20.6 Å². The maximum Gasteiger partial charge on any atom is 0.332 e. The Morgan fingerprint density at radius 2 is 1.53 bits per heavy atom. The van der Waals surface area contributed by atoms with Crippen molar-refractivity contribution in [3.8, 4) is 11.5 Å². The summed E-state index contributed by atoms with van der Waals surface area (Å²) in [6.45, 7) is 3.27. The molecule has 4 N–H and O–H groups in total. The average Bonchev–Trinajstić information content (AvgIpc) is 2.96. The molecule has 0 spiro atoms. The molecule has 0 radical (unpaired) electrons. The largest absolute Gasteiger partial charge is 0.494 e. The fourth-order valence-electron chi connectivity index (χ4n) is 4.20. The van der Waals surface area contributed by atoms with Gasteiger partial charge in [0.05, 0.1) is 13.2 Å². The van der Waals surface area contributed by atoms with Crippen LogP contribution in [-0.2, 0) is 38.4 Å². The second kappa shape index (κ2) is 15.1. The van der Waals surface area contributed by atoms with Crippen molar-refractivity contribution < 1.29 is 58.1 Å². The molecule has 1 heterocycles. The number of nitrogens with zero attached hydrogens (tertiary/aromatic N) is 2. The van der Waals surface area contributed by atoms with Crippen LogP contribution in [-0.4, -0.2) is 87.7 Å². The number of carbonyl (C=O) groups excluding carboxylic acids is 5. The minimum Gasteiger partial charge on any atom is -0.494 e. The maximum absolute atomic E-state index is 13.1. The van der Waals surface area contributed by atoms with Gasteiger partial charge in [0, 0.05) is 32.8 Å². The number of hydrogen-bond donors (Lipinski definition) is 4. The fraction of sp³-hybridized carbons (Fsp3) is 0.310. The molecule has 3 atom stereocenters. The molecule has 238 valence electrons. The molecule has 3 amide bonds. The Kier molecular flexibility index (Phi) is 11.3. The van der Waals surface area contributed by atoms with Gasteiger partial charge in [-0.1, -0.05) is 17.3 Å². The molecular weight excluding hydrogens is 596 g/mol. The number of benzene rings is 2. The van der Waals surface area contributed by atoms with E-state index in [4.69, 9.17) is 9.47 Å². The minimum atomic E-state index is -1.37. The maximum atomic E-state index is 13.1. The summed E-state index contributed by atoms with van der Waals surface area (Å²) in [7, 11) is 0. The lowest BCUT2D eigenvalue weighted by Gasteiger charge is -2.42. The molecule has 3 unspecified atom stereocenters. The Balaban J connectivity index is 1.67. The van der Waals surface area contributed by atoms with Crippen molar-refractivity contribution in [2.75, 3.05) is 13.2 Å². The Bertz CT molecular complexity index is 1500. The summed E-state index contributed by atoms with van der Waals surface area (Å²) in [6.07, 6.45) is -0.0208. The monoisotopic (exact) mass is 626 g/mol. The molecule has 1 saturated heterocycles. The summed E-state index contributed by atoms with van der Waals surface area (Å²) in [5.74, 6) is -5.50. The average molecular weight is 627 g/mol. The van der Waals surface area contributed by atoms with Gasteiger partial charge in [-0.3, -0.25) is 19.2 Å². The normalized spacial score (nSPS) is 15.5. The third-order valence-electron chi connectivity index (χ3n) is 6.23. The van der Waals surface area contributed by atoms with Crippen molar-refractivity contribution in [1.29, 1.82) is 0 Å². The summed E-state index contributed by atoms with van der Waals surface area (Å²) in [4.78, 5) is 88.7. The number of carbonyl (C=O) groups is 7. The highest BCUT2D eigenvalue weighted by molar-refractivity contribution is 6.45. The molecule has 45 heavy (non-hydrogen) atoms. The third-order valence-corrected chi connectivity index (χ3v) is 6.23. The van der Waals surface area contributed by atoms with Crippen molar-refractivity contribution in [3.05, 3.63) is 59.7 Å². The third kappa shape index (κ3) is 9.34. The number of hydrogen-bond acceptors (Lipinski definition) is 11. The number of esters is 1. The molecule has 16 nitrogen and oxygen atoms in total. The first-order chi connectivity index (χ1) is 21.3. The Morgan fingerprint density at radius 1 is 0.911 bits per heavy atom. The number of likely N-dealkylation sites (tertiary alicyclic amines) is 1. The van der Waals surface area contributed by atoms with Gasteiger partial charge >= 0.3 is 23.9 Å². The highest BCUT2D eigenvalue weighted by Gasteiger charge is 2.45. The first-order valence-electron chi connectivity index (χ1n) is 13.4. The zero-order chi connectivity index (χ0) is 33.3. The van der Waals surface area contributed by atoms with Crippen LogP contribution >= 0.6 is 0 Å². The number of aliphatic carboxylic acids is 2. The van der Waals surface area contributed by atoms with Crippen molar-refractivity contribution in [2.45, 2.75) is 45.3 Å². The number of β-lactam (4-membered cyclic amide) rings is 1. The van der Waals surface area contributed by atoms with Crippen LogP contribution in [0.3, 0.4) is 0 Å². The number of amides is 3. The summed E-state index contributed by atoms with van der Waals surface area (Å²) in [5.41, 5.74) is 0.0441. The first kappa shape index (κ1) is 33.7. The van der Waals surface area contributed by atoms with Gasteiger partial charge in [-0.25, -0.2) is 14.4 Å². The molecule has 0 aliphatic carbocycles. The predicted molar refractivity (Wildman–Crippen MR) is 152 cm³/mol. The smallest absolute Gasteiger partial charge is 0.332 e. The van der Waals surface area contributed by atoms with Crippen LogP contribution in [0.15, 0.2) is 53.7 Å².